The molecule has 0 saturated carbocycles. The zero-order chi connectivity index (χ0) is 29.9. The summed E-state index contributed by atoms with van der Waals surface area (Å²) >= 11 is 0. The van der Waals surface area contributed by atoms with Crippen molar-refractivity contribution >= 4 is 5.97 Å². The highest BCUT2D eigenvalue weighted by molar-refractivity contribution is 5.69. The first kappa shape index (κ1) is 38.6. The molecule has 0 amide bonds. The molecular weight excluding hydrogens is 508 g/mol. The summed E-state index contributed by atoms with van der Waals surface area (Å²) in [4.78, 5) is 11.7. The fraction of sp³-hybridized carbons (Fsp3) is 0.595. The van der Waals surface area contributed by atoms with Crippen LogP contribution in [0, 0.1) is 0 Å². The smallest absolute Gasteiger partial charge is 0.306 e. The molecule has 0 spiro atoms. The number of esters is 1. The molecule has 0 bridgehead atoms. The zero-order valence-corrected chi connectivity index (χ0v) is 26.3. The van der Waals surface area contributed by atoms with E-state index in [1.807, 2.05) is 0 Å². The molecule has 4 heteroatoms. The van der Waals surface area contributed by atoms with E-state index in [0.717, 1.165) is 83.5 Å². The number of hydrogen-bond acceptors (Lipinski definition) is 4. The van der Waals surface area contributed by atoms with Crippen LogP contribution in [0.5, 0.6) is 0 Å². The van der Waals surface area contributed by atoms with Gasteiger partial charge in [0, 0.05) is 13.0 Å². The predicted molar refractivity (Wildman–Crippen MR) is 177 cm³/mol. The van der Waals surface area contributed by atoms with E-state index in [0.29, 0.717) is 13.0 Å². The lowest BCUT2D eigenvalue weighted by atomic mass is 10.1. The first-order valence-corrected chi connectivity index (χ1v) is 16.2. The van der Waals surface area contributed by atoms with E-state index in [2.05, 4.69) is 98.9 Å². The third-order valence-corrected chi connectivity index (χ3v) is 6.23. The highest BCUT2D eigenvalue weighted by Crippen LogP contribution is 2.06. The Kier molecular flexibility index (Phi) is 31.8. The molecule has 0 aromatic carbocycles. The average molecular weight is 569 g/mol. The van der Waals surface area contributed by atoms with Crippen LogP contribution in [0.4, 0.5) is 0 Å². The number of hydrogen-bond donors (Lipinski definition) is 1. The van der Waals surface area contributed by atoms with Gasteiger partial charge in [0.15, 0.2) is 0 Å². The maximum absolute atomic E-state index is 11.7. The maximum Gasteiger partial charge on any atom is 0.306 e. The second-order valence-electron chi connectivity index (χ2n) is 10.2. The summed E-state index contributed by atoms with van der Waals surface area (Å²) < 4.78 is 10.9. The van der Waals surface area contributed by atoms with E-state index < -0.39 is 6.10 Å². The molecule has 1 N–H and O–H groups in total. The number of carbonyl (C=O) groups is 1. The first-order chi connectivity index (χ1) is 20.2. The van der Waals surface area contributed by atoms with Crippen LogP contribution in [0.15, 0.2) is 85.1 Å². The van der Waals surface area contributed by atoms with Crippen molar-refractivity contribution < 1.29 is 19.4 Å². The topological polar surface area (TPSA) is 55.8 Å². The number of allylic oxidation sites excluding steroid dienone is 14. The molecule has 0 radical (unpaired) electrons. The van der Waals surface area contributed by atoms with Gasteiger partial charge in [-0.1, -0.05) is 125 Å². The van der Waals surface area contributed by atoms with Crippen molar-refractivity contribution in [2.24, 2.45) is 0 Å². The lowest BCUT2D eigenvalue weighted by molar-refractivity contribution is -0.154. The number of ether oxygens (including phenoxy) is 2. The lowest BCUT2D eigenvalue weighted by Gasteiger charge is -2.15. The summed E-state index contributed by atoms with van der Waals surface area (Å²) in [5.41, 5.74) is 0. The van der Waals surface area contributed by atoms with E-state index >= 15 is 0 Å². The minimum Gasteiger partial charge on any atom is -0.457 e. The van der Waals surface area contributed by atoms with Gasteiger partial charge in [-0.25, -0.2) is 0 Å². The molecule has 0 heterocycles. The Morgan fingerprint density at radius 3 is 1.59 bits per heavy atom. The van der Waals surface area contributed by atoms with Crippen LogP contribution in [0.1, 0.15) is 117 Å². The molecule has 41 heavy (non-hydrogen) atoms. The van der Waals surface area contributed by atoms with Gasteiger partial charge in [-0.15, -0.1) is 0 Å². The molecule has 0 aliphatic carbocycles. The predicted octanol–water partition coefficient (Wildman–Crippen LogP) is 10.1. The summed E-state index contributed by atoms with van der Waals surface area (Å²) in [5, 5.41) is 9.37. The van der Waals surface area contributed by atoms with E-state index in [-0.39, 0.29) is 19.2 Å². The van der Waals surface area contributed by atoms with E-state index in [4.69, 9.17) is 9.47 Å². The molecule has 232 valence electrons. The molecular formula is C37H60O4. The number of rotatable bonds is 28. The van der Waals surface area contributed by atoms with Crippen LogP contribution in [0.3, 0.4) is 0 Å². The third-order valence-electron chi connectivity index (χ3n) is 6.23. The highest BCUT2D eigenvalue weighted by Gasteiger charge is 2.13. The zero-order valence-electron chi connectivity index (χ0n) is 26.3. The van der Waals surface area contributed by atoms with Crippen molar-refractivity contribution in [3.05, 3.63) is 85.1 Å². The highest BCUT2D eigenvalue weighted by atomic mass is 16.6. The van der Waals surface area contributed by atoms with Gasteiger partial charge in [-0.3, -0.25) is 4.79 Å². The number of unbranched alkanes of at least 4 members (excludes halogenated alkanes) is 6. The standard InChI is InChI=1S/C37H60O4/c1-3-5-7-8-9-10-11-12-13-14-15-16-17-18-19-20-21-22-23-24-25-26-27-28-29-31-33-40-35-36(34-38)41-37(39)32-30-6-4-2/h5,7,9-10,12-13,15-16,18-19,21-22,24-25,36,38H,3-4,6,8,11,14,17,20,23,26-35H2,1-2H3/b7-5-,10-9-,13-12-,16-15-,19-18-,22-21-,25-24-. The van der Waals surface area contributed by atoms with Gasteiger partial charge in [-0.05, 0) is 70.6 Å². The molecule has 0 aromatic rings. The van der Waals surface area contributed by atoms with Gasteiger partial charge < -0.3 is 14.6 Å². The van der Waals surface area contributed by atoms with Crippen molar-refractivity contribution in [2.75, 3.05) is 19.8 Å². The second-order valence-corrected chi connectivity index (χ2v) is 10.2. The average Bonchev–Trinajstić information content (AvgIpc) is 2.98. The molecule has 0 fully saturated rings. The van der Waals surface area contributed by atoms with Gasteiger partial charge in [0.05, 0.1) is 13.2 Å². The van der Waals surface area contributed by atoms with Crippen LogP contribution in [-0.2, 0) is 14.3 Å². The van der Waals surface area contributed by atoms with Crippen LogP contribution < -0.4 is 0 Å². The molecule has 0 aromatic heterocycles. The van der Waals surface area contributed by atoms with E-state index in [1.165, 1.54) is 12.8 Å². The maximum atomic E-state index is 11.7. The van der Waals surface area contributed by atoms with Crippen LogP contribution in [0.2, 0.25) is 0 Å². The Labute approximate surface area is 252 Å². The lowest BCUT2D eigenvalue weighted by Crippen LogP contribution is -2.27. The van der Waals surface area contributed by atoms with E-state index in [9.17, 15) is 9.90 Å². The minimum absolute atomic E-state index is 0.190. The van der Waals surface area contributed by atoms with Gasteiger partial charge in [0.2, 0.25) is 0 Å². The molecule has 0 rings (SSSR count). The molecule has 1 atom stereocenters. The van der Waals surface area contributed by atoms with Gasteiger partial charge in [0.25, 0.3) is 0 Å². The van der Waals surface area contributed by atoms with Crippen LogP contribution in [-0.4, -0.2) is 37.0 Å². The molecule has 1 unspecified atom stereocenters. The Hall–Kier alpha value is -2.43. The molecule has 0 saturated heterocycles. The number of aliphatic hydroxyl groups excluding tert-OH is 1. The quantitative estimate of drug-likeness (QED) is 0.0579. The Morgan fingerprint density at radius 1 is 0.610 bits per heavy atom. The summed E-state index contributed by atoms with van der Waals surface area (Å²) in [6.45, 7) is 4.98. The second kappa shape index (κ2) is 33.8. The van der Waals surface area contributed by atoms with Crippen molar-refractivity contribution in [2.45, 2.75) is 123 Å². The van der Waals surface area contributed by atoms with Crippen molar-refractivity contribution in [1.82, 2.24) is 0 Å². The summed E-state index contributed by atoms with van der Waals surface area (Å²) in [5.74, 6) is -0.241. The first-order valence-electron chi connectivity index (χ1n) is 16.2. The fourth-order valence-electron chi connectivity index (χ4n) is 3.83. The Bertz CT molecular complexity index is 770. The normalized spacial score (nSPS) is 13.5. The molecule has 0 aliphatic heterocycles. The Morgan fingerprint density at radius 2 is 1.10 bits per heavy atom. The van der Waals surface area contributed by atoms with Gasteiger partial charge in [-0.2, -0.15) is 0 Å². The minimum atomic E-state index is -0.546. The summed E-state index contributed by atoms with van der Waals surface area (Å²) in [7, 11) is 0. The van der Waals surface area contributed by atoms with Gasteiger partial charge in [0.1, 0.15) is 6.10 Å². The van der Waals surface area contributed by atoms with Crippen LogP contribution in [0.25, 0.3) is 0 Å². The molecule has 0 aliphatic rings. The Balaban J connectivity index is 3.56. The number of aliphatic hydroxyl groups is 1. The van der Waals surface area contributed by atoms with Crippen molar-refractivity contribution in [3.63, 3.8) is 0 Å². The van der Waals surface area contributed by atoms with Gasteiger partial charge >= 0.3 is 5.97 Å². The largest absolute Gasteiger partial charge is 0.457 e. The third kappa shape index (κ3) is 32.0. The van der Waals surface area contributed by atoms with E-state index in [1.54, 1.807) is 0 Å². The fourth-order valence-corrected chi connectivity index (χ4v) is 3.83. The summed E-state index contributed by atoms with van der Waals surface area (Å²) in [6.07, 6.45) is 46.8. The SMILES string of the molecule is CC/C=C\C/C=C\C/C=C\C/C=C\C/C=C\C/C=C\C/C=C\CCCCCCOCC(CO)OC(=O)CCCCC. The van der Waals surface area contributed by atoms with Crippen molar-refractivity contribution in [1.29, 1.82) is 0 Å². The molecule has 4 nitrogen and oxygen atoms in total. The summed E-state index contributed by atoms with van der Waals surface area (Å²) in [6, 6.07) is 0. The monoisotopic (exact) mass is 568 g/mol. The van der Waals surface area contributed by atoms with Crippen LogP contribution >= 0.6 is 0 Å². The van der Waals surface area contributed by atoms with Crippen molar-refractivity contribution in [3.8, 4) is 0 Å². The number of carbonyl (C=O) groups excluding carboxylic acids is 1.